The van der Waals surface area contributed by atoms with E-state index in [2.05, 4.69) is 238 Å². The van der Waals surface area contributed by atoms with Crippen LogP contribution in [0.15, 0.2) is 108 Å². The average Bonchev–Trinajstić information content (AvgIpc) is 3.66. The lowest BCUT2D eigenvalue weighted by Gasteiger charge is -2.46. The van der Waals surface area contributed by atoms with Gasteiger partial charge in [-0.3, -0.25) is 0 Å². The van der Waals surface area contributed by atoms with E-state index in [1.807, 2.05) is 0 Å². The summed E-state index contributed by atoms with van der Waals surface area (Å²) in [5.74, 6) is 0. The molecule has 0 fully saturated rings. The van der Waals surface area contributed by atoms with Crippen molar-refractivity contribution in [2.75, 3.05) is 9.80 Å². The van der Waals surface area contributed by atoms with Gasteiger partial charge in [-0.15, -0.1) is 0 Å². The number of furan rings is 1. The third kappa shape index (κ3) is 7.49. The molecule has 0 saturated carbocycles. The summed E-state index contributed by atoms with van der Waals surface area (Å²) in [6.45, 7) is 42.7. The summed E-state index contributed by atoms with van der Waals surface area (Å²) in [5.41, 5.74) is 25.6. The SMILES string of the molecule is Cc1cc2c3c(c1)N(c1ccc(C(C)(C)C)cc1-c1ccc(C(C)(C)C)cc1)c1c(oc4cc5c(cc14)C(C)(C)CCC5(C)C)B3c1cc3c(cc1N2c1ccc(C(C)(C)C)cc1)C(C)(C)CCC3(C)C. The normalized spacial score (nSPS) is 18.4. The van der Waals surface area contributed by atoms with Crippen molar-refractivity contribution in [2.24, 2.45) is 0 Å². The first-order valence-electron chi connectivity index (χ1n) is 26.9. The molecule has 0 radical (unpaired) electrons. The maximum atomic E-state index is 7.75. The van der Waals surface area contributed by atoms with Crippen molar-refractivity contribution in [1.82, 2.24) is 0 Å². The Morgan fingerprint density at radius 3 is 1.46 bits per heavy atom. The van der Waals surface area contributed by atoms with Crippen LogP contribution in [0.2, 0.25) is 0 Å². The van der Waals surface area contributed by atoms with Crippen LogP contribution in [0.1, 0.15) is 188 Å². The summed E-state index contributed by atoms with van der Waals surface area (Å²) < 4.78 is 7.75. The Bertz CT molecular complexity index is 3320. The highest BCUT2D eigenvalue weighted by Gasteiger charge is 2.50. The van der Waals surface area contributed by atoms with Crippen LogP contribution < -0.4 is 26.4 Å². The highest BCUT2D eigenvalue weighted by Crippen LogP contribution is 2.55. The van der Waals surface area contributed by atoms with Crippen LogP contribution in [0.3, 0.4) is 0 Å². The van der Waals surface area contributed by atoms with E-state index < -0.39 is 0 Å². The Kier molecular flexibility index (Phi) is 10.3. The molecule has 0 N–H and O–H groups in total. The molecule has 4 heteroatoms. The second-order valence-electron chi connectivity index (χ2n) is 28.1. The van der Waals surface area contributed by atoms with Gasteiger partial charge in [-0.2, -0.15) is 0 Å². The summed E-state index contributed by atoms with van der Waals surface area (Å²) in [6, 6.07) is 41.4. The van der Waals surface area contributed by atoms with Gasteiger partial charge in [0, 0.05) is 33.7 Å². The molecular formula is C67H79BN2O. The monoisotopic (exact) mass is 939 g/mol. The second-order valence-corrected chi connectivity index (χ2v) is 28.1. The molecule has 6 aromatic carbocycles. The van der Waals surface area contributed by atoms with Gasteiger partial charge in [0.15, 0.2) is 0 Å². The molecule has 2 aliphatic carbocycles. The van der Waals surface area contributed by atoms with E-state index in [9.17, 15) is 0 Å². The molecule has 3 heterocycles. The van der Waals surface area contributed by atoms with E-state index in [1.54, 1.807) is 0 Å². The topological polar surface area (TPSA) is 19.6 Å². The van der Waals surface area contributed by atoms with E-state index in [1.165, 1.54) is 106 Å². The molecule has 366 valence electrons. The lowest BCUT2D eigenvalue weighted by molar-refractivity contribution is 0.332. The van der Waals surface area contributed by atoms with Crippen molar-refractivity contribution in [2.45, 2.75) is 188 Å². The molecule has 4 aliphatic rings. The Labute approximate surface area is 427 Å². The Morgan fingerprint density at radius 1 is 0.465 bits per heavy atom. The van der Waals surface area contributed by atoms with Gasteiger partial charge < -0.3 is 14.2 Å². The largest absolute Gasteiger partial charge is 0.468 e. The molecule has 0 amide bonds. The minimum absolute atomic E-state index is 0.0231. The van der Waals surface area contributed by atoms with E-state index in [4.69, 9.17) is 4.42 Å². The summed E-state index contributed by atoms with van der Waals surface area (Å²) in [7, 11) is 0. The smallest absolute Gasteiger partial charge is 0.297 e. The number of benzene rings is 6. The zero-order chi connectivity index (χ0) is 50.9. The molecule has 0 unspecified atom stereocenters. The summed E-state index contributed by atoms with van der Waals surface area (Å²) in [5, 5.41) is 1.20. The zero-order valence-electron chi connectivity index (χ0n) is 46.5. The van der Waals surface area contributed by atoms with Crippen molar-refractivity contribution in [3.8, 4) is 11.1 Å². The quantitative estimate of drug-likeness (QED) is 0.165. The number of hydrogen-bond acceptors (Lipinski definition) is 3. The first-order chi connectivity index (χ1) is 33.0. The van der Waals surface area contributed by atoms with E-state index in [0.29, 0.717) is 0 Å². The van der Waals surface area contributed by atoms with Crippen molar-refractivity contribution >= 4 is 68.4 Å². The highest BCUT2D eigenvalue weighted by atomic mass is 16.3. The third-order valence-electron chi connectivity index (χ3n) is 17.9. The molecule has 0 atom stereocenters. The van der Waals surface area contributed by atoms with Crippen molar-refractivity contribution in [1.29, 1.82) is 0 Å². The molecule has 0 bridgehead atoms. The van der Waals surface area contributed by atoms with Gasteiger partial charge in [0.25, 0.3) is 6.71 Å². The molecule has 71 heavy (non-hydrogen) atoms. The first kappa shape index (κ1) is 47.8. The number of nitrogens with zero attached hydrogens (tertiary/aromatic N) is 2. The summed E-state index contributed by atoms with van der Waals surface area (Å²) in [6.07, 6.45) is 4.61. The predicted molar refractivity (Wildman–Crippen MR) is 307 cm³/mol. The molecular weight excluding hydrogens is 860 g/mol. The first-order valence-corrected chi connectivity index (χ1v) is 26.9. The molecule has 1 aromatic heterocycles. The van der Waals surface area contributed by atoms with Crippen LogP contribution in [-0.4, -0.2) is 6.71 Å². The lowest BCUT2D eigenvalue weighted by Crippen LogP contribution is -2.61. The third-order valence-corrected chi connectivity index (χ3v) is 17.9. The summed E-state index contributed by atoms with van der Waals surface area (Å²) in [4.78, 5) is 5.26. The van der Waals surface area contributed by atoms with Gasteiger partial charge in [0.2, 0.25) is 0 Å². The number of anilines is 6. The van der Waals surface area contributed by atoms with E-state index in [-0.39, 0.29) is 44.6 Å². The molecule has 2 aliphatic heterocycles. The number of fused-ring (bicyclic) bond motifs is 8. The number of aryl methyl sites for hydroxylation is 1. The number of rotatable bonds is 3. The van der Waals surface area contributed by atoms with Crippen molar-refractivity contribution < 1.29 is 4.42 Å². The van der Waals surface area contributed by atoms with Crippen LogP contribution in [0.25, 0.3) is 22.1 Å². The summed E-state index contributed by atoms with van der Waals surface area (Å²) >= 11 is 0. The zero-order valence-corrected chi connectivity index (χ0v) is 46.5. The maximum Gasteiger partial charge on any atom is 0.297 e. The van der Waals surface area contributed by atoms with Crippen LogP contribution >= 0.6 is 0 Å². The molecule has 7 aromatic rings. The van der Waals surface area contributed by atoms with Gasteiger partial charge in [-0.1, -0.05) is 166 Å². The predicted octanol–water partition coefficient (Wildman–Crippen LogP) is 17.1. The van der Waals surface area contributed by atoms with E-state index >= 15 is 0 Å². The minimum atomic E-state index is -0.132. The second kappa shape index (κ2) is 15.3. The van der Waals surface area contributed by atoms with Crippen molar-refractivity contribution in [3.05, 3.63) is 148 Å². The molecule has 3 nitrogen and oxygen atoms in total. The fraction of sp³-hybridized carbons (Fsp3) is 0.433. The number of hydrogen-bond donors (Lipinski definition) is 0. The standard InChI is InChI=1S/C67H79BN2O/c1-40-33-55-58-56(34-40)70(53-28-25-44(63(8,9)10)35-46(53)41-19-21-42(22-20-41)61(2,3)4)59-47-36-48-51(67(17,18)32-29-64(48,11)12)39-57(47)71-60(59)68(58)52-37-49-50(66(15,16)31-30-65(49,13)14)38-54(52)69(55)45-26-23-43(24-27-45)62(5,6)7/h19-28,33-39H,29-32H2,1-18H3. The van der Waals surface area contributed by atoms with Gasteiger partial charge in [-0.25, -0.2) is 0 Å². The van der Waals surface area contributed by atoms with Crippen molar-refractivity contribution in [3.63, 3.8) is 0 Å². The van der Waals surface area contributed by atoms with Gasteiger partial charge in [0.05, 0.1) is 17.0 Å². The maximum absolute atomic E-state index is 7.75. The average molecular weight is 939 g/mol. The Hall–Kier alpha value is -5.48. The Morgan fingerprint density at radius 2 is 0.930 bits per heavy atom. The van der Waals surface area contributed by atoms with Crippen LogP contribution in [0, 0.1) is 6.92 Å². The lowest BCUT2D eigenvalue weighted by atomic mass is 9.35. The molecule has 11 rings (SSSR count). The fourth-order valence-electron chi connectivity index (χ4n) is 13.0. The Balaban J connectivity index is 1.29. The van der Waals surface area contributed by atoms with Crippen LogP contribution in [-0.2, 0) is 37.9 Å². The van der Waals surface area contributed by atoms with Crippen LogP contribution in [0.4, 0.5) is 34.1 Å². The van der Waals surface area contributed by atoms with Gasteiger partial charge >= 0.3 is 0 Å². The molecule has 0 saturated heterocycles. The van der Waals surface area contributed by atoms with E-state index in [0.717, 1.165) is 36.9 Å². The van der Waals surface area contributed by atoms with Gasteiger partial charge in [0.1, 0.15) is 5.58 Å². The molecule has 0 spiro atoms. The minimum Gasteiger partial charge on any atom is -0.468 e. The fourth-order valence-corrected chi connectivity index (χ4v) is 13.0. The highest BCUT2D eigenvalue weighted by molar-refractivity contribution is 7.00. The van der Waals surface area contributed by atoms with Crippen LogP contribution in [0.5, 0.6) is 0 Å². The van der Waals surface area contributed by atoms with Gasteiger partial charge in [-0.05, 0) is 186 Å².